The Morgan fingerprint density at radius 3 is 3.12 bits per heavy atom. The molecule has 0 aromatic carbocycles. The van der Waals surface area contributed by atoms with E-state index in [9.17, 15) is 10.1 Å². The monoisotopic (exact) mass is 317 g/mol. The van der Waals surface area contributed by atoms with Gasteiger partial charge in [-0.05, 0) is 39.8 Å². The third-order valence-corrected chi connectivity index (χ3v) is 4.46. The molecular weight excluding hydrogens is 306 g/mol. The molecule has 1 aromatic heterocycles. The molecule has 1 aromatic rings. The van der Waals surface area contributed by atoms with Crippen LogP contribution >= 0.6 is 27.7 Å². The molecule has 0 amide bonds. The van der Waals surface area contributed by atoms with Gasteiger partial charge in [-0.3, -0.25) is 10.1 Å². The summed E-state index contributed by atoms with van der Waals surface area (Å²) in [6, 6.07) is 1.47. The zero-order valence-corrected chi connectivity index (χ0v) is 11.5. The smallest absolute Gasteiger partial charge is 0.288 e. The van der Waals surface area contributed by atoms with Crippen LogP contribution in [0.5, 0.6) is 0 Å². The molecule has 2 heterocycles. The second kappa shape index (κ2) is 5.68. The number of nitro groups is 1. The summed E-state index contributed by atoms with van der Waals surface area (Å²) < 4.78 is 0.636. The molecule has 0 saturated carbocycles. The summed E-state index contributed by atoms with van der Waals surface area (Å²) >= 11 is 5.26. The molecule has 17 heavy (non-hydrogen) atoms. The fourth-order valence-electron chi connectivity index (χ4n) is 1.64. The SMILES string of the molecule is O=[N+]([O-])c1cnc(NCC2CCSC2)c(Br)c1. The summed E-state index contributed by atoms with van der Waals surface area (Å²) in [7, 11) is 0. The number of pyridine rings is 1. The van der Waals surface area contributed by atoms with Gasteiger partial charge < -0.3 is 5.32 Å². The molecule has 0 aliphatic carbocycles. The lowest BCUT2D eigenvalue weighted by molar-refractivity contribution is -0.385. The van der Waals surface area contributed by atoms with Crippen LogP contribution in [0.25, 0.3) is 0 Å². The Labute approximate surface area is 112 Å². The van der Waals surface area contributed by atoms with Crippen LogP contribution in [0.15, 0.2) is 16.7 Å². The first-order valence-corrected chi connectivity index (χ1v) is 7.23. The molecule has 5 nitrogen and oxygen atoms in total. The average molecular weight is 318 g/mol. The van der Waals surface area contributed by atoms with Crippen LogP contribution in [0.2, 0.25) is 0 Å². The van der Waals surface area contributed by atoms with Gasteiger partial charge in [-0.25, -0.2) is 4.98 Å². The van der Waals surface area contributed by atoms with Gasteiger partial charge in [0.2, 0.25) is 0 Å². The highest BCUT2D eigenvalue weighted by molar-refractivity contribution is 9.10. The van der Waals surface area contributed by atoms with Crippen molar-refractivity contribution in [3.8, 4) is 0 Å². The Balaban J connectivity index is 1.98. The predicted octanol–water partition coefficient (Wildman–Crippen LogP) is 2.92. The van der Waals surface area contributed by atoms with E-state index in [-0.39, 0.29) is 5.69 Å². The summed E-state index contributed by atoms with van der Waals surface area (Å²) in [6.07, 6.45) is 2.50. The first-order chi connectivity index (χ1) is 8.16. The number of aromatic nitrogens is 1. The van der Waals surface area contributed by atoms with E-state index >= 15 is 0 Å². The minimum atomic E-state index is -0.449. The number of rotatable bonds is 4. The predicted molar refractivity (Wildman–Crippen MR) is 72.5 cm³/mol. The minimum absolute atomic E-state index is 0.00107. The molecule has 1 unspecified atom stereocenters. The van der Waals surface area contributed by atoms with Crippen LogP contribution in [0.4, 0.5) is 11.5 Å². The van der Waals surface area contributed by atoms with Crippen molar-refractivity contribution in [2.45, 2.75) is 6.42 Å². The minimum Gasteiger partial charge on any atom is -0.369 e. The lowest BCUT2D eigenvalue weighted by Gasteiger charge is -2.11. The molecule has 2 rings (SSSR count). The molecule has 0 radical (unpaired) electrons. The number of hydrogen-bond acceptors (Lipinski definition) is 5. The molecule has 92 valence electrons. The van der Waals surface area contributed by atoms with Crippen LogP contribution in [-0.2, 0) is 0 Å². The fourth-order valence-corrected chi connectivity index (χ4v) is 3.40. The summed E-state index contributed by atoms with van der Waals surface area (Å²) in [5.74, 6) is 3.75. The number of anilines is 1. The van der Waals surface area contributed by atoms with E-state index < -0.39 is 4.92 Å². The van der Waals surface area contributed by atoms with Gasteiger partial charge in [0.05, 0.1) is 9.40 Å². The summed E-state index contributed by atoms with van der Waals surface area (Å²) in [4.78, 5) is 14.2. The van der Waals surface area contributed by atoms with Crippen molar-refractivity contribution in [2.75, 3.05) is 23.4 Å². The molecule has 1 N–H and O–H groups in total. The van der Waals surface area contributed by atoms with Crippen molar-refractivity contribution < 1.29 is 4.92 Å². The summed E-state index contributed by atoms with van der Waals surface area (Å²) in [6.45, 7) is 0.871. The van der Waals surface area contributed by atoms with Crippen molar-refractivity contribution in [1.29, 1.82) is 0 Å². The maximum Gasteiger partial charge on any atom is 0.288 e. The van der Waals surface area contributed by atoms with E-state index in [0.29, 0.717) is 16.2 Å². The number of hydrogen-bond donors (Lipinski definition) is 1. The first-order valence-electron chi connectivity index (χ1n) is 5.28. The lowest BCUT2D eigenvalue weighted by atomic mass is 10.1. The van der Waals surface area contributed by atoms with Gasteiger partial charge in [-0.2, -0.15) is 11.8 Å². The van der Waals surface area contributed by atoms with Crippen molar-refractivity contribution >= 4 is 39.2 Å². The Morgan fingerprint density at radius 2 is 2.53 bits per heavy atom. The van der Waals surface area contributed by atoms with Crippen molar-refractivity contribution in [3.05, 3.63) is 26.9 Å². The van der Waals surface area contributed by atoms with Crippen molar-refractivity contribution in [2.24, 2.45) is 5.92 Å². The van der Waals surface area contributed by atoms with Crippen LogP contribution in [0, 0.1) is 16.0 Å². The molecule has 1 aliphatic heterocycles. The van der Waals surface area contributed by atoms with E-state index in [1.54, 1.807) is 0 Å². The number of thioether (sulfide) groups is 1. The highest BCUT2D eigenvalue weighted by atomic mass is 79.9. The maximum atomic E-state index is 10.6. The van der Waals surface area contributed by atoms with Gasteiger partial charge in [0.1, 0.15) is 12.0 Å². The van der Waals surface area contributed by atoms with Gasteiger partial charge in [0.25, 0.3) is 5.69 Å². The maximum absolute atomic E-state index is 10.6. The highest BCUT2D eigenvalue weighted by Crippen LogP contribution is 2.27. The summed E-state index contributed by atoms with van der Waals surface area (Å²) in [5.41, 5.74) is -0.00107. The second-order valence-corrected chi connectivity index (χ2v) is 5.90. The Hall–Kier alpha value is -0.820. The molecule has 1 saturated heterocycles. The van der Waals surface area contributed by atoms with Gasteiger partial charge in [-0.1, -0.05) is 0 Å². The lowest BCUT2D eigenvalue weighted by Crippen LogP contribution is -2.14. The Morgan fingerprint density at radius 1 is 1.71 bits per heavy atom. The normalized spacial score (nSPS) is 19.2. The quantitative estimate of drug-likeness (QED) is 0.683. The van der Waals surface area contributed by atoms with Gasteiger partial charge >= 0.3 is 0 Å². The third-order valence-electron chi connectivity index (χ3n) is 2.62. The average Bonchev–Trinajstić information content (AvgIpc) is 2.80. The van der Waals surface area contributed by atoms with Crippen LogP contribution in [-0.4, -0.2) is 28.0 Å². The molecule has 1 fully saturated rings. The summed E-state index contributed by atoms with van der Waals surface area (Å²) in [5, 5.41) is 13.8. The van der Waals surface area contributed by atoms with E-state index in [1.165, 1.54) is 30.2 Å². The van der Waals surface area contributed by atoms with Crippen LogP contribution < -0.4 is 5.32 Å². The van der Waals surface area contributed by atoms with Crippen LogP contribution in [0.3, 0.4) is 0 Å². The van der Waals surface area contributed by atoms with E-state index in [2.05, 4.69) is 26.2 Å². The molecular formula is C10H12BrN3O2S. The number of nitrogens with zero attached hydrogens (tertiary/aromatic N) is 2. The topological polar surface area (TPSA) is 68.1 Å². The van der Waals surface area contributed by atoms with Gasteiger partial charge in [0, 0.05) is 12.6 Å². The zero-order valence-electron chi connectivity index (χ0n) is 9.06. The van der Waals surface area contributed by atoms with E-state index in [4.69, 9.17) is 0 Å². The molecule has 1 atom stereocenters. The zero-order chi connectivity index (χ0) is 12.3. The molecule has 1 aliphatic rings. The Kier molecular flexibility index (Phi) is 4.22. The standard InChI is InChI=1S/C10H12BrN3O2S/c11-9-3-8(14(15)16)5-13-10(9)12-4-7-1-2-17-6-7/h3,5,7H,1-2,4,6H2,(H,12,13). The first kappa shape index (κ1) is 12.6. The molecule has 0 bridgehead atoms. The molecule has 0 spiro atoms. The third kappa shape index (κ3) is 3.32. The fraction of sp³-hybridized carbons (Fsp3) is 0.500. The number of halogens is 1. The molecule has 7 heteroatoms. The highest BCUT2D eigenvalue weighted by Gasteiger charge is 2.16. The Bertz CT molecular complexity index is 424. The largest absolute Gasteiger partial charge is 0.369 e. The van der Waals surface area contributed by atoms with Gasteiger partial charge in [-0.15, -0.1) is 0 Å². The number of nitrogens with one attached hydrogen (secondary N) is 1. The van der Waals surface area contributed by atoms with E-state index in [0.717, 1.165) is 6.54 Å². The van der Waals surface area contributed by atoms with Crippen molar-refractivity contribution in [1.82, 2.24) is 4.98 Å². The van der Waals surface area contributed by atoms with Gasteiger partial charge in [0.15, 0.2) is 0 Å². The van der Waals surface area contributed by atoms with E-state index in [1.807, 2.05) is 11.8 Å². The van der Waals surface area contributed by atoms with Crippen molar-refractivity contribution in [3.63, 3.8) is 0 Å². The van der Waals surface area contributed by atoms with Crippen LogP contribution in [0.1, 0.15) is 6.42 Å². The second-order valence-electron chi connectivity index (χ2n) is 3.89.